The first-order chi connectivity index (χ1) is 16.9. The zero-order valence-corrected chi connectivity index (χ0v) is 20.6. The van der Waals surface area contributed by atoms with Gasteiger partial charge in [0, 0.05) is 55.0 Å². The number of aliphatic imine (C=N–C) groups is 1. The lowest BCUT2D eigenvalue weighted by atomic mass is 10.1. The predicted octanol–water partition coefficient (Wildman–Crippen LogP) is 3.46. The van der Waals surface area contributed by atoms with Gasteiger partial charge in [-0.2, -0.15) is 0 Å². The van der Waals surface area contributed by atoms with Crippen molar-refractivity contribution >= 4 is 29.3 Å². The molecule has 0 atom stereocenters. The van der Waals surface area contributed by atoms with Crippen molar-refractivity contribution in [2.75, 3.05) is 38.8 Å². The molecule has 1 aliphatic heterocycles. The van der Waals surface area contributed by atoms with E-state index in [1.807, 2.05) is 55.7 Å². The van der Waals surface area contributed by atoms with E-state index in [2.05, 4.69) is 34.8 Å². The highest BCUT2D eigenvalue weighted by Gasteiger charge is 2.27. The summed E-state index contributed by atoms with van der Waals surface area (Å²) in [7, 11) is 3.39. The van der Waals surface area contributed by atoms with Crippen LogP contribution in [-0.2, 0) is 6.42 Å². The van der Waals surface area contributed by atoms with E-state index in [0.29, 0.717) is 31.0 Å². The van der Waals surface area contributed by atoms with Gasteiger partial charge in [0.1, 0.15) is 18.7 Å². The van der Waals surface area contributed by atoms with Gasteiger partial charge in [-0.3, -0.25) is 14.6 Å². The molecule has 1 aliphatic rings. The Labute approximate surface area is 206 Å². The Morgan fingerprint density at radius 3 is 2.71 bits per heavy atom. The van der Waals surface area contributed by atoms with Crippen LogP contribution < -0.4 is 19.2 Å². The first kappa shape index (κ1) is 25.4. The van der Waals surface area contributed by atoms with Crippen LogP contribution in [0.1, 0.15) is 22.8 Å². The maximum absolute atomic E-state index is 12.9. The highest BCUT2D eigenvalue weighted by molar-refractivity contribution is 6.00. The molecular formula is C27H32N5O3+. The highest BCUT2D eigenvalue weighted by atomic mass is 16.6. The van der Waals surface area contributed by atoms with Crippen LogP contribution in [0.2, 0.25) is 0 Å². The summed E-state index contributed by atoms with van der Waals surface area (Å²) in [5.74, 6) is 1.42. The van der Waals surface area contributed by atoms with Gasteiger partial charge in [0.05, 0.1) is 24.1 Å². The van der Waals surface area contributed by atoms with Crippen LogP contribution in [0.5, 0.6) is 5.75 Å². The maximum Gasteiger partial charge on any atom is 0.268 e. The minimum atomic E-state index is -0.0793. The van der Waals surface area contributed by atoms with Gasteiger partial charge in [-0.05, 0) is 31.3 Å². The molecule has 182 valence electrons. The van der Waals surface area contributed by atoms with Gasteiger partial charge in [-0.15, -0.1) is 0 Å². The lowest BCUT2D eigenvalue weighted by Gasteiger charge is -2.22. The van der Waals surface area contributed by atoms with Gasteiger partial charge in [0.2, 0.25) is 6.20 Å². The molecule has 0 aliphatic carbocycles. The number of pyridine rings is 2. The van der Waals surface area contributed by atoms with Crippen LogP contribution in [0.25, 0.3) is 10.9 Å². The van der Waals surface area contributed by atoms with Gasteiger partial charge in [-0.25, -0.2) is 4.98 Å². The van der Waals surface area contributed by atoms with E-state index in [1.165, 1.54) is 6.20 Å². The van der Waals surface area contributed by atoms with E-state index in [4.69, 9.17) is 9.57 Å². The van der Waals surface area contributed by atoms with Gasteiger partial charge in [0.25, 0.3) is 11.4 Å². The van der Waals surface area contributed by atoms with Crippen molar-refractivity contribution in [1.29, 1.82) is 0 Å². The van der Waals surface area contributed by atoms with Crippen LogP contribution in [0.3, 0.4) is 0 Å². The van der Waals surface area contributed by atoms with Crippen molar-refractivity contribution in [3.05, 3.63) is 85.0 Å². The summed E-state index contributed by atoms with van der Waals surface area (Å²) >= 11 is 0. The largest absolute Gasteiger partial charge is 0.492 e. The number of fused-ring (bicyclic) bond motifs is 2. The molecule has 8 nitrogen and oxygen atoms in total. The summed E-state index contributed by atoms with van der Waals surface area (Å²) in [4.78, 5) is 29.8. The average molecular weight is 475 g/mol. The summed E-state index contributed by atoms with van der Waals surface area (Å²) in [6.07, 6.45) is 5.69. The molecule has 3 heterocycles. The molecule has 0 unspecified atom stereocenters. The number of ether oxygens (including phenoxy) is 1. The molecule has 0 spiro atoms. The van der Waals surface area contributed by atoms with Crippen LogP contribution >= 0.6 is 0 Å². The molecule has 35 heavy (non-hydrogen) atoms. The summed E-state index contributed by atoms with van der Waals surface area (Å²) in [6, 6.07) is 11.7. The number of benzene rings is 1. The third kappa shape index (κ3) is 5.66. The van der Waals surface area contributed by atoms with Gasteiger partial charge in [-0.1, -0.05) is 25.3 Å². The molecule has 0 saturated heterocycles. The Balaban J connectivity index is 0.000000795. The number of para-hydroxylation sites is 1. The minimum absolute atomic E-state index is 0.0793. The molecule has 4 rings (SSSR count). The Morgan fingerprint density at radius 1 is 1.29 bits per heavy atom. The number of carbonyl (C=O) groups excluding carboxylic acids is 1. The molecule has 0 fully saturated rings. The van der Waals surface area contributed by atoms with E-state index in [-0.39, 0.29) is 5.91 Å². The van der Waals surface area contributed by atoms with E-state index >= 15 is 0 Å². The van der Waals surface area contributed by atoms with E-state index < -0.39 is 0 Å². The van der Waals surface area contributed by atoms with Gasteiger partial charge < -0.3 is 14.5 Å². The van der Waals surface area contributed by atoms with Crippen LogP contribution in [0.15, 0.2) is 78.8 Å². The number of rotatable bonds is 7. The Bertz CT molecular complexity index is 1230. The monoisotopic (exact) mass is 474 g/mol. The van der Waals surface area contributed by atoms with Gasteiger partial charge in [0.15, 0.2) is 0 Å². The lowest BCUT2D eigenvalue weighted by molar-refractivity contribution is -0.865. The van der Waals surface area contributed by atoms with Crippen molar-refractivity contribution < 1.29 is 19.1 Å². The third-order valence-electron chi connectivity index (χ3n) is 5.73. The van der Waals surface area contributed by atoms with Crippen LogP contribution in [0.4, 0.5) is 5.82 Å². The number of aromatic nitrogens is 2. The van der Waals surface area contributed by atoms with Crippen molar-refractivity contribution in [2.45, 2.75) is 13.3 Å². The molecule has 0 saturated carbocycles. The molecular weight excluding hydrogens is 442 g/mol. The summed E-state index contributed by atoms with van der Waals surface area (Å²) < 4.78 is 7.78. The Hall–Kier alpha value is -4.20. The molecule has 1 amide bonds. The standard InChI is InChI=1S/C24H27N4O3.C3H5N/c1-5-27-16-17(2)26(3)24(29)20-14-18(15-25-23(20)27)11-13-31-22-10-12-28(30-4)21-9-7-6-8-19(21)22;1-3-4-2/h6-10,12,14-15H,2,5,11,13,16H2,1,3-4H3;3H,1-2H2/q+1;. The number of likely N-dealkylation sites (N-methyl/N-ethyl adjacent to an activating group) is 2. The van der Waals surface area contributed by atoms with Gasteiger partial charge >= 0.3 is 0 Å². The van der Waals surface area contributed by atoms with Crippen molar-refractivity contribution in [3.8, 4) is 5.75 Å². The number of anilines is 1. The van der Waals surface area contributed by atoms with E-state index in [0.717, 1.165) is 34.5 Å². The topological polar surface area (TPSA) is 71.1 Å². The second kappa shape index (κ2) is 11.8. The summed E-state index contributed by atoms with van der Waals surface area (Å²) in [6.45, 7) is 14.3. The number of amides is 1. The quantitative estimate of drug-likeness (QED) is 0.387. The Morgan fingerprint density at radius 2 is 2.03 bits per heavy atom. The fourth-order valence-corrected chi connectivity index (χ4v) is 3.78. The zero-order chi connectivity index (χ0) is 25.4. The molecule has 0 bridgehead atoms. The van der Waals surface area contributed by atoms with Crippen molar-refractivity contribution in [2.24, 2.45) is 4.99 Å². The highest BCUT2D eigenvalue weighted by Crippen LogP contribution is 2.27. The summed E-state index contributed by atoms with van der Waals surface area (Å²) in [5.41, 5.74) is 3.25. The maximum atomic E-state index is 12.9. The van der Waals surface area contributed by atoms with Crippen molar-refractivity contribution in [3.63, 3.8) is 0 Å². The number of nitrogens with zero attached hydrogens (tertiary/aromatic N) is 5. The predicted molar refractivity (Wildman–Crippen MR) is 139 cm³/mol. The van der Waals surface area contributed by atoms with Crippen LogP contribution in [0, 0.1) is 0 Å². The molecule has 8 heteroatoms. The molecule has 2 aromatic heterocycles. The molecule has 0 N–H and O–H groups in total. The average Bonchev–Trinajstić information content (AvgIpc) is 2.99. The number of hydrogen-bond donors (Lipinski definition) is 0. The van der Waals surface area contributed by atoms with E-state index in [1.54, 1.807) is 23.8 Å². The normalized spacial score (nSPS) is 12.9. The minimum Gasteiger partial charge on any atom is -0.492 e. The SMILES string of the molecule is C=C1CN(CC)c2ncc(CCOc3cc[n+](OC)c4ccccc34)cc2C(=O)N1C.C=CN=C. The van der Waals surface area contributed by atoms with Crippen molar-refractivity contribution in [1.82, 2.24) is 9.88 Å². The zero-order valence-electron chi connectivity index (χ0n) is 20.6. The third-order valence-corrected chi connectivity index (χ3v) is 5.73. The fourth-order valence-electron chi connectivity index (χ4n) is 3.78. The molecule has 0 radical (unpaired) electrons. The Kier molecular flexibility index (Phi) is 8.56. The molecule has 1 aromatic carbocycles. The van der Waals surface area contributed by atoms with Crippen LogP contribution in [-0.4, -0.2) is 56.4 Å². The molecule has 3 aromatic rings. The second-order valence-electron chi connectivity index (χ2n) is 7.83. The number of carbonyl (C=O) groups is 1. The first-order valence-electron chi connectivity index (χ1n) is 11.3. The smallest absolute Gasteiger partial charge is 0.268 e. The lowest BCUT2D eigenvalue weighted by Crippen LogP contribution is -2.40. The first-order valence-corrected chi connectivity index (χ1v) is 11.3. The number of hydrogen-bond acceptors (Lipinski definition) is 6. The summed E-state index contributed by atoms with van der Waals surface area (Å²) in [5, 5.41) is 0.973. The second-order valence-corrected chi connectivity index (χ2v) is 7.83. The fraction of sp³-hybridized carbons (Fsp3) is 0.259. The van der Waals surface area contributed by atoms with E-state index in [9.17, 15) is 4.79 Å².